The number of carbonyl (C=O) groups excluding carboxylic acids is 1. The molecule has 0 bridgehead atoms. The smallest absolute Gasteiger partial charge is 0.259 e. The quantitative estimate of drug-likeness (QED) is 0.702. The molecule has 0 heterocycles. The van der Waals surface area contributed by atoms with Crippen molar-refractivity contribution in [2.45, 2.75) is 6.04 Å². The summed E-state index contributed by atoms with van der Waals surface area (Å²) in [5, 5.41) is 0. The summed E-state index contributed by atoms with van der Waals surface area (Å²) in [6.07, 6.45) is 0. The topological polar surface area (TPSA) is 66.9 Å². The van der Waals surface area contributed by atoms with Crippen molar-refractivity contribution < 1.29 is 9.18 Å². The molecule has 0 fully saturated rings. The largest absolute Gasteiger partial charge is 0.316 e. The zero-order valence-corrected chi connectivity index (χ0v) is 6.25. The van der Waals surface area contributed by atoms with Crippen LogP contribution in [-0.4, -0.2) is 5.91 Å². The molecular formula is C8H8FN2O. The Morgan fingerprint density at radius 1 is 1.50 bits per heavy atom. The third kappa shape index (κ3) is 1.60. The number of halogens is 1. The van der Waals surface area contributed by atoms with E-state index in [1.807, 2.05) is 0 Å². The minimum atomic E-state index is -1.17. The lowest BCUT2D eigenvalue weighted by Gasteiger charge is -2.06. The van der Waals surface area contributed by atoms with E-state index in [-0.39, 0.29) is 5.56 Å². The van der Waals surface area contributed by atoms with Gasteiger partial charge in [-0.05, 0) is 6.07 Å². The minimum absolute atomic E-state index is 0.0671. The third-order valence-corrected chi connectivity index (χ3v) is 1.52. The van der Waals surface area contributed by atoms with Crippen LogP contribution in [0.4, 0.5) is 4.39 Å². The van der Waals surface area contributed by atoms with E-state index in [0.717, 1.165) is 0 Å². The van der Waals surface area contributed by atoms with Gasteiger partial charge in [-0.2, -0.15) is 0 Å². The Balaban J connectivity index is 3.02. The second-order valence-corrected chi connectivity index (χ2v) is 2.36. The zero-order valence-electron chi connectivity index (χ0n) is 6.25. The van der Waals surface area contributed by atoms with E-state index in [1.165, 1.54) is 18.2 Å². The number of nitrogens with one attached hydrogen (secondary N) is 1. The lowest BCUT2D eigenvalue weighted by Crippen LogP contribution is -2.22. The summed E-state index contributed by atoms with van der Waals surface area (Å²) in [6, 6.07) is 4.50. The average Bonchev–Trinajstić information content (AvgIpc) is 2.04. The van der Waals surface area contributed by atoms with E-state index in [1.54, 1.807) is 6.07 Å². The number of hydrogen-bond donors (Lipinski definition) is 1. The maximum absolute atomic E-state index is 12.9. The van der Waals surface area contributed by atoms with Crippen LogP contribution in [0.1, 0.15) is 11.6 Å². The molecule has 0 spiro atoms. The summed E-state index contributed by atoms with van der Waals surface area (Å²) in [4.78, 5) is 10.5. The Hall–Kier alpha value is -1.42. The molecule has 3 N–H and O–H groups in total. The molecule has 0 aliphatic carbocycles. The Kier molecular flexibility index (Phi) is 2.40. The van der Waals surface area contributed by atoms with Crippen LogP contribution < -0.4 is 11.5 Å². The highest BCUT2D eigenvalue weighted by Crippen LogP contribution is 2.13. The van der Waals surface area contributed by atoms with Crippen LogP contribution in [-0.2, 0) is 4.79 Å². The Labute approximate surface area is 69.2 Å². The Morgan fingerprint density at radius 3 is 2.58 bits per heavy atom. The lowest BCUT2D eigenvalue weighted by atomic mass is 10.1. The molecule has 3 nitrogen and oxygen atoms in total. The van der Waals surface area contributed by atoms with Crippen molar-refractivity contribution in [2.75, 3.05) is 0 Å². The molecule has 63 valence electrons. The molecular weight excluding hydrogens is 159 g/mol. The van der Waals surface area contributed by atoms with Gasteiger partial charge in [-0.25, -0.2) is 4.39 Å². The van der Waals surface area contributed by atoms with Gasteiger partial charge in [0.1, 0.15) is 11.9 Å². The number of nitrogens with two attached hydrogens (primary N) is 1. The van der Waals surface area contributed by atoms with Gasteiger partial charge in [-0.1, -0.05) is 18.2 Å². The number of carbonyl (C=O) groups is 1. The van der Waals surface area contributed by atoms with Gasteiger partial charge < -0.3 is 5.73 Å². The van der Waals surface area contributed by atoms with E-state index in [0.29, 0.717) is 0 Å². The van der Waals surface area contributed by atoms with Crippen molar-refractivity contribution in [1.82, 2.24) is 5.73 Å². The van der Waals surface area contributed by atoms with Crippen LogP contribution >= 0.6 is 0 Å². The molecule has 1 atom stereocenters. The summed E-state index contributed by atoms with van der Waals surface area (Å²) in [5.41, 5.74) is 12.0. The first-order valence-electron chi connectivity index (χ1n) is 3.38. The molecule has 1 aromatic rings. The maximum Gasteiger partial charge on any atom is 0.259 e. The summed E-state index contributed by atoms with van der Waals surface area (Å²) < 4.78 is 12.9. The Morgan fingerprint density at radius 2 is 2.08 bits per heavy atom. The third-order valence-electron chi connectivity index (χ3n) is 1.52. The van der Waals surface area contributed by atoms with Gasteiger partial charge in [0.15, 0.2) is 0 Å². The van der Waals surface area contributed by atoms with Gasteiger partial charge >= 0.3 is 0 Å². The van der Waals surface area contributed by atoms with Gasteiger partial charge in [-0.3, -0.25) is 10.5 Å². The molecule has 1 unspecified atom stereocenters. The van der Waals surface area contributed by atoms with Gasteiger partial charge in [0.2, 0.25) is 0 Å². The van der Waals surface area contributed by atoms with Crippen LogP contribution in [0.3, 0.4) is 0 Å². The zero-order chi connectivity index (χ0) is 9.14. The fourth-order valence-electron chi connectivity index (χ4n) is 0.869. The average molecular weight is 167 g/mol. The van der Waals surface area contributed by atoms with Crippen LogP contribution in [0.25, 0.3) is 0 Å². The number of benzene rings is 1. The molecule has 1 amide bonds. The van der Waals surface area contributed by atoms with Crippen molar-refractivity contribution in [1.29, 1.82) is 0 Å². The standard InChI is InChI=1S/C8H8FN2O/c9-6-4-2-1-3-5(6)7(10)8(11)12/h1-4,7,11H,10H2. The number of amides is 1. The molecule has 1 aromatic carbocycles. The van der Waals surface area contributed by atoms with Crippen LogP contribution in [0.15, 0.2) is 24.3 Å². The second-order valence-electron chi connectivity index (χ2n) is 2.36. The first-order valence-corrected chi connectivity index (χ1v) is 3.38. The SMILES string of the molecule is [NH]C(=O)C(N)c1ccccc1F. The minimum Gasteiger partial charge on any atom is -0.316 e. The predicted octanol–water partition coefficient (Wildman–Crippen LogP) is 0.635. The highest BCUT2D eigenvalue weighted by molar-refractivity contribution is 5.80. The van der Waals surface area contributed by atoms with Crippen molar-refractivity contribution in [3.63, 3.8) is 0 Å². The monoisotopic (exact) mass is 167 g/mol. The summed E-state index contributed by atoms with van der Waals surface area (Å²) in [7, 11) is 0. The molecule has 12 heavy (non-hydrogen) atoms. The van der Waals surface area contributed by atoms with Gasteiger partial charge in [0.05, 0.1) is 0 Å². The van der Waals surface area contributed by atoms with Crippen molar-refractivity contribution >= 4 is 5.91 Å². The fourth-order valence-corrected chi connectivity index (χ4v) is 0.869. The van der Waals surface area contributed by atoms with E-state index in [4.69, 9.17) is 11.5 Å². The van der Waals surface area contributed by atoms with Crippen LogP contribution in [0.5, 0.6) is 0 Å². The molecule has 4 heteroatoms. The van der Waals surface area contributed by atoms with Crippen molar-refractivity contribution in [3.05, 3.63) is 35.6 Å². The van der Waals surface area contributed by atoms with E-state index in [9.17, 15) is 9.18 Å². The summed E-state index contributed by atoms with van der Waals surface area (Å²) >= 11 is 0. The van der Waals surface area contributed by atoms with Crippen molar-refractivity contribution in [3.8, 4) is 0 Å². The van der Waals surface area contributed by atoms with Gasteiger partial charge in [0.25, 0.3) is 5.91 Å². The molecule has 0 aromatic heterocycles. The molecule has 0 saturated heterocycles. The molecule has 1 rings (SSSR count). The normalized spacial score (nSPS) is 12.5. The van der Waals surface area contributed by atoms with Crippen LogP contribution in [0.2, 0.25) is 0 Å². The summed E-state index contributed by atoms with van der Waals surface area (Å²) in [5.74, 6) is -1.54. The highest BCUT2D eigenvalue weighted by Gasteiger charge is 2.15. The van der Waals surface area contributed by atoms with Gasteiger partial charge in [-0.15, -0.1) is 0 Å². The van der Waals surface area contributed by atoms with E-state index < -0.39 is 17.8 Å². The first-order chi connectivity index (χ1) is 5.63. The van der Waals surface area contributed by atoms with Crippen LogP contribution in [0, 0.1) is 5.82 Å². The molecule has 1 radical (unpaired) electrons. The second kappa shape index (κ2) is 3.32. The van der Waals surface area contributed by atoms with E-state index >= 15 is 0 Å². The number of hydrogen-bond acceptors (Lipinski definition) is 2. The molecule has 0 aliphatic rings. The molecule has 0 aliphatic heterocycles. The fraction of sp³-hybridized carbons (Fsp3) is 0.125. The highest BCUT2D eigenvalue weighted by atomic mass is 19.1. The number of rotatable bonds is 2. The lowest BCUT2D eigenvalue weighted by molar-refractivity contribution is -0.120. The van der Waals surface area contributed by atoms with Crippen molar-refractivity contribution in [2.24, 2.45) is 5.73 Å². The molecule has 0 saturated carbocycles. The Bertz CT molecular complexity index is 301. The predicted molar refractivity (Wildman–Crippen MR) is 41.4 cm³/mol. The van der Waals surface area contributed by atoms with Gasteiger partial charge in [0, 0.05) is 5.56 Å². The maximum atomic E-state index is 12.9. The van der Waals surface area contributed by atoms with E-state index in [2.05, 4.69) is 0 Å². The summed E-state index contributed by atoms with van der Waals surface area (Å²) in [6.45, 7) is 0. The first kappa shape index (κ1) is 8.67.